The lowest BCUT2D eigenvalue weighted by Crippen LogP contribution is -2.07. The van der Waals surface area contributed by atoms with Crippen LogP contribution >= 0.6 is 11.3 Å². The van der Waals surface area contributed by atoms with Crippen LogP contribution in [0.15, 0.2) is 79.3 Å². The predicted octanol–water partition coefficient (Wildman–Crippen LogP) is 6.31. The number of fused-ring (bicyclic) bond motifs is 1. The summed E-state index contributed by atoms with van der Waals surface area (Å²) in [7, 11) is 0. The zero-order valence-electron chi connectivity index (χ0n) is 15.8. The minimum atomic E-state index is -4.47. The third-order valence-electron chi connectivity index (χ3n) is 4.64. The van der Waals surface area contributed by atoms with E-state index in [0.717, 1.165) is 32.4 Å². The summed E-state index contributed by atoms with van der Waals surface area (Å²) in [5, 5.41) is 6.86. The molecule has 0 atom stereocenters. The summed E-state index contributed by atoms with van der Waals surface area (Å²) in [4.78, 5) is 9.82. The van der Waals surface area contributed by atoms with Crippen LogP contribution in [-0.4, -0.2) is 19.7 Å². The van der Waals surface area contributed by atoms with Gasteiger partial charge in [0.2, 0.25) is 0 Å². The van der Waals surface area contributed by atoms with Gasteiger partial charge in [-0.05, 0) is 42.0 Å². The van der Waals surface area contributed by atoms with Crippen molar-refractivity contribution < 1.29 is 13.2 Å². The Balaban J connectivity index is 1.41. The fraction of sp³-hybridized carbons (Fsp3) is 0.0455. The van der Waals surface area contributed by atoms with Crippen LogP contribution in [-0.2, 0) is 6.18 Å². The van der Waals surface area contributed by atoms with Gasteiger partial charge in [-0.2, -0.15) is 18.3 Å². The first-order valence-corrected chi connectivity index (χ1v) is 10.1. The van der Waals surface area contributed by atoms with E-state index in [2.05, 4.69) is 20.4 Å². The quantitative estimate of drug-likeness (QED) is 0.358. The summed E-state index contributed by atoms with van der Waals surface area (Å²) in [5.41, 5.74) is 2.30. The lowest BCUT2D eigenvalue weighted by atomic mass is 10.2. The number of anilines is 2. The Labute approximate surface area is 178 Å². The summed E-state index contributed by atoms with van der Waals surface area (Å²) in [6.45, 7) is 0. The molecular weight excluding hydrogens is 423 g/mol. The van der Waals surface area contributed by atoms with Crippen molar-refractivity contribution in [1.82, 2.24) is 19.7 Å². The van der Waals surface area contributed by atoms with Crippen LogP contribution in [0.5, 0.6) is 0 Å². The SMILES string of the molecule is FC(F)(F)c1ccn(-c2ccc(Nc3ncnc4cc(-c5ccccc5)sc34)cc2)n1. The smallest absolute Gasteiger partial charge is 0.339 e. The molecule has 9 heteroatoms. The molecule has 0 aliphatic heterocycles. The lowest BCUT2D eigenvalue weighted by Gasteiger charge is -2.08. The maximum Gasteiger partial charge on any atom is 0.435 e. The lowest BCUT2D eigenvalue weighted by molar-refractivity contribution is -0.141. The molecule has 0 radical (unpaired) electrons. The molecule has 1 N–H and O–H groups in total. The molecule has 5 nitrogen and oxygen atoms in total. The fourth-order valence-corrected chi connectivity index (χ4v) is 4.20. The van der Waals surface area contributed by atoms with Crippen LogP contribution in [0.3, 0.4) is 0 Å². The van der Waals surface area contributed by atoms with E-state index in [1.165, 1.54) is 17.2 Å². The number of halogens is 3. The highest BCUT2D eigenvalue weighted by atomic mass is 32.1. The normalized spacial score (nSPS) is 11.7. The van der Waals surface area contributed by atoms with E-state index < -0.39 is 11.9 Å². The van der Waals surface area contributed by atoms with Crippen LogP contribution in [0.1, 0.15) is 5.69 Å². The number of hydrogen-bond acceptors (Lipinski definition) is 5. The third-order valence-corrected chi connectivity index (χ3v) is 5.82. The van der Waals surface area contributed by atoms with Crippen molar-refractivity contribution in [3.8, 4) is 16.1 Å². The first-order chi connectivity index (χ1) is 15.0. The van der Waals surface area contributed by atoms with Gasteiger partial charge in [-0.15, -0.1) is 11.3 Å². The van der Waals surface area contributed by atoms with Gasteiger partial charge in [0.1, 0.15) is 6.33 Å². The van der Waals surface area contributed by atoms with Crippen molar-refractivity contribution >= 4 is 33.1 Å². The molecule has 154 valence electrons. The second-order valence-corrected chi connectivity index (χ2v) is 7.78. The third kappa shape index (κ3) is 3.87. The van der Waals surface area contributed by atoms with Crippen molar-refractivity contribution in [3.63, 3.8) is 0 Å². The van der Waals surface area contributed by atoms with E-state index in [1.54, 1.807) is 35.6 Å². The summed E-state index contributed by atoms with van der Waals surface area (Å²) < 4.78 is 40.4. The molecule has 3 aromatic heterocycles. The van der Waals surface area contributed by atoms with Gasteiger partial charge in [-0.1, -0.05) is 30.3 Å². The molecule has 0 aliphatic carbocycles. The van der Waals surface area contributed by atoms with E-state index in [-0.39, 0.29) is 0 Å². The number of rotatable bonds is 4. The van der Waals surface area contributed by atoms with E-state index >= 15 is 0 Å². The molecule has 5 aromatic rings. The van der Waals surface area contributed by atoms with E-state index in [1.807, 2.05) is 36.4 Å². The van der Waals surface area contributed by atoms with Crippen LogP contribution in [0.2, 0.25) is 0 Å². The van der Waals surface area contributed by atoms with Crippen molar-refractivity contribution in [1.29, 1.82) is 0 Å². The van der Waals surface area contributed by atoms with Gasteiger partial charge in [0, 0.05) is 16.8 Å². The van der Waals surface area contributed by atoms with Crippen LogP contribution in [0.25, 0.3) is 26.3 Å². The Hall–Kier alpha value is -3.72. The average Bonchev–Trinajstić information content (AvgIpc) is 3.43. The Morgan fingerprint density at radius 1 is 0.903 bits per heavy atom. The van der Waals surface area contributed by atoms with Crippen molar-refractivity contribution in [2.24, 2.45) is 0 Å². The molecule has 0 saturated heterocycles. The molecule has 0 amide bonds. The minimum Gasteiger partial charge on any atom is -0.339 e. The second kappa shape index (κ2) is 7.51. The summed E-state index contributed by atoms with van der Waals surface area (Å²) in [5.74, 6) is 0.670. The molecule has 2 aromatic carbocycles. The summed E-state index contributed by atoms with van der Waals surface area (Å²) in [6, 6.07) is 19.9. The number of aromatic nitrogens is 4. The van der Waals surface area contributed by atoms with Gasteiger partial charge in [0.15, 0.2) is 11.5 Å². The monoisotopic (exact) mass is 437 g/mol. The molecule has 3 heterocycles. The minimum absolute atomic E-state index is 0.524. The number of nitrogens with zero attached hydrogens (tertiary/aromatic N) is 4. The molecule has 0 aliphatic rings. The molecule has 0 fully saturated rings. The van der Waals surface area contributed by atoms with Gasteiger partial charge < -0.3 is 5.32 Å². The molecule has 0 spiro atoms. The Morgan fingerprint density at radius 2 is 1.68 bits per heavy atom. The van der Waals surface area contributed by atoms with E-state index in [9.17, 15) is 13.2 Å². The number of nitrogens with one attached hydrogen (secondary N) is 1. The number of benzene rings is 2. The number of hydrogen-bond donors (Lipinski definition) is 1. The summed E-state index contributed by atoms with van der Waals surface area (Å²) in [6.07, 6.45) is -1.68. The Kier molecular flexibility index (Phi) is 4.67. The Bertz CT molecular complexity index is 1340. The predicted molar refractivity (Wildman–Crippen MR) is 115 cm³/mol. The van der Waals surface area contributed by atoms with Gasteiger partial charge in [-0.3, -0.25) is 0 Å². The van der Waals surface area contributed by atoms with Gasteiger partial charge in [0.25, 0.3) is 0 Å². The van der Waals surface area contributed by atoms with Crippen molar-refractivity contribution in [2.45, 2.75) is 6.18 Å². The highest BCUT2D eigenvalue weighted by Gasteiger charge is 2.33. The number of alkyl halides is 3. The van der Waals surface area contributed by atoms with E-state index in [0.29, 0.717) is 11.5 Å². The van der Waals surface area contributed by atoms with Crippen LogP contribution in [0.4, 0.5) is 24.7 Å². The second-order valence-electron chi connectivity index (χ2n) is 6.73. The molecule has 31 heavy (non-hydrogen) atoms. The zero-order chi connectivity index (χ0) is 21.4. The van der Waals surface area contributed by atoms with Crippen LogP contribution < -0.4 is 5.32 Å². The first-order valence-electron chi connectivity index (χ1n) is 9.28. The average molecular weight is 437 g/mol. The fourth-order valence-electron chi connectivity index (χ4n) is 3.14. The van der Waals surface area contributed by atoms with Crippen molar-refractivity contribution in [2.75, 3.05) is 5.32 Å². The molecule has 0 saturated carbocycles. The standard InChI is InChI=1S/C22H14F3N5S/c23-22(24,25)19-10-11-30(29-19)16-8-6-15(7-9-16)28-21-20-17(26-13-27-21)12-18(31-20)14-4-2-1-3-5-14/h1-13H,(H,26,27,28). The van der Waals surface area contributed by atoms with Gasteiger partial charge in [0.05, 0.1) is 15.9 Å². The van der Waals surface area contributed by atoms with E-state index in [4.69, 9.17) is 0 Å². The highest BCUT2D eigenvalue weighted by molar-refractivity contribution is 7.22. The molecule has 5 rings (SSSR count). The van der Waals surface area contributed by atoms with Gasteiger partial charge in [-0.25, -0.2) is 14.6 Å². The van der Waals surface area contributed by atoms with Crippen molar-refractivity contribution in [3.05, 3.63) is 84.9 Å². The highest BCUT2D eigenvalue weighted by Crippen LogP contribution is 2.36. The van der Waals surface area contributed by atoms with Crippen LogP contribution in [0, 0.1) is 0 Å². The number of thiophene rings is 1. The Morgan fingerprint density at radius 3 is 2.39 bits per heavy atom. The largest absolute Gasteiger partial charge is 0.435 e. The maximum atomic E-state index is 12.8. The maximum absolute atomic E-state index is 12.8. The zero-order valence-corrected chi connectivity index (χ0v) is 16.7. The summed E-state index contributed by atoms with van der Waals surface area (Å²) >= 11 is 1.59. The topological polar surface area (TPSA) is 55.6 Å². The van der Waals surface area contributed by atoms with Gasteiger partial charge >= 0.3 is 6.18 Å². The molecule has 0 bridgehead atoms. The first kappa shape index (κ1) is 19.3. The molecule has 0 unspecified atom stereocenters. The molecular formula is C22H14F3N5S.